The zero-order valence-electron chi connectivity index (χ0n) is 17.4. The highest BCUT2D eigenvalue weighted by Gasteiger charge is 2.20. The number of thiophene rings is 1. The number of hydrogen-bond acceptors (Lipinski definition) is 3. The van der Waals surface area contributed by atoms with Gasteiger partial charge in [0.15, 0.2) is 11.6 Å². The van der Waals surface area contributed by atoms with Gasteiger partial charge in [-0.3, -0.25) is 4.57 Å². The zero-order valence-corrected chi connectivity index (χ0v) is 18.9. The van der Waals surface area contributed by atoms with Crippen LogP contribution in [0, 0.1) is 0 Å². The van der Waals surface area contributed by atoms with Crippen molar-refractivity contribution in [3.05, 3.63) is 102 Å². The first kappa shape index (κ1) is 18.8. The molecule has 0 amide bonds. The van der Waals surface area contributed by atoms with Crippen LogP contribution in [0.2, 0.25) is 5.02 Å². The van der Waals surface area contributed by atoms with Crippen molar-refractivity contribution in [3.63, 3.8) is 0 Å². The predicted molar refractivity (Wildman–Crippen MR) is 140 cm³/mol. The average molecular weight is 462 g/mol. The van der Waals surface area contributed by atoms with E-state index < -0.39 is 0 Å². The Morgan fingerprint density at radius 1 is 0.606 bits per heavy atom. The van der Waals surface area contributed by atoms with Crippen molar-refractivity contribution in [1.29, 1.82) is 0 Å². The topological polar surface area (TPSA) is 30.7 Å². The Morgan fingerprint density at radius 3 is 1.97 bits per heavy atom. The van der Waals surface area contributed by atoms with Crippen LogP contribution in [-0.4, -0.2) is 14.5 Å². The van der Waals surface area contributed by atoms with E-state index in [1.807, 2.05) is 30.3 Å². The minimum atomic E-state index is 0.708. The first-order chi connectivity index (χ1) is 16.3. The molecule has 0 fully saturated rings. The van der Waals surface area contributed by atoms with E-state index in [1.54, 1.807) is 11.3 Å². The van der Waals surface area contributed by atoms with E-state index in [9.17, 15) is 0 Å². The van der Waals surface area contributed by atoms with Crippen LogP contribution in [0.25, 0.3) is 59.3 Å². The molecule has 3 nitrogen and oxygen atoms in total. The summed E-state index contributed by atoms with van der Waals surface area (Å²) in [4.78, 5) is 10.2. The monoisotopic (exact) mass is 461 g/mol. The second-order valence-electron chi connectivity index (χ2n) is 8.00. The third-order valence-electron chi connectivity index (χ3n) is 6.10. The van der Waals surface area contributed by atoms with Crippen molar-refractivity contribution in [2.45, 2.75) is 0 Å². The lowest BCUT2D eigenvalue weighted by Crippen LogP contribution is -2.01. The van der Waals surface area contributed by atoms with Crippen molar-refractivity contribution in [2.24, 2.45) is 0 Å². The number of hydrogen-bond donors (Lipinski definition) is 0. The molecule has 0 saturated carbocycles. The van der Waals surface area contributed by atoms with Crippen LogP contribution in [0.1, 0.15) is 0 Å². The summed E-state index contributed by atoms with van der Waals surface area (Å²) in [5.74, 6) is 1.59. The van der Waals surface area contributed by atoms with Gasteiger partial charge < -0.3 is 0 Å². The summed E-state index contributed by atoms with van der Waals surface area (Å²) in [5, 5.41) is 4.22. The standard InChI is InChI=1S/C28H16ClN3S/c29-21-14-8-13-20-24-26(33-25(20)21)28(31-27(30-24)17-9-2-1-3-10-17)32-22-15-6-4-11-18(22)19-12-5-7-16-23(19)32/h1-16H. The Kier molecular flexibility index (Phi) is 4.07. The maximum absolute atomic E-state index is 6.61. The van der Waals surface area contributed by atoms with Gasteiger partial charge in [0.1, 0.15) is 0 Å². The van der Waals surface area contributed by atoms with Gasteiger partial charge in [0.2, 0.25) is 0 Å². The molecule has 0 radical (unpaired) electrons. The fourth-order valence-electron chi connectivity index (χ4n) is 4.63. The van der Waals surface area contributed by atoms with E-state index in [0.717, 1.165) is 47.7 Å². The molecule has 0 aliphatic carbocycles. The molecule has 7 aromatic rings. The van der Waals surface area contributed by atoms with Crippen molar-refractivity contribution in [2.75, 3.05) is 0 Å². The SMILES string of the molecule is Clc1cccc2c1sc1c(-n3c4ccccc4c4ccccc43)nc(-c3ccccc3)nc12. The smallest absolute Gasteiger partial charge is 0.162 e. The summed E-state index contributed by atoms with van der Waals surface area (Å²) >= 11 is 8.26. The second-order valence-corrected chi connectivity index (χ2v) is 9.43. The molecule has 0 saturated heterocycles. The first-order valence-corrected chi connectivity index (χ1v) is 11.9. The molecule has 3 aromatic heterocycles. The van der Waals surface area contributed by atoms with Crippen LogP contribution in [0.15, 0.2) is 97.1 Å². The van der Waals surface area contributed by atoms with Gasteiger partial charge in [-0.1, -0.05) is 90.5 Å². The number of benzene rings is 4. The van der Waals surface area contributed by atoms with E-state index in [4.69, 9.17) is 21.6 Å². The number of nitrogens with zero attached hydrogens (tertiary/aromatic N) is 3. The number of halogens is 1. The lowest BCUT2D eigenvalue weighted by atomic mass is 10.2. The summed E-state index contributed by atoms with van der Waals surface area (Å²) in [5.41, 5.74) is 4.17. The molecule has 0 N–H and O–H groups in total. The normalized spacial score (nSPS) is 11.8. The Bertz CT molecular complexity index is 1780. The van der Waals surface area contributed by atoms with E-state index in [-0.39, 0.29) is 0 Å². The van der Waals surface area contributed by atoms with Crippen molar-refractivity contribution < 1.29 is 0 Å². The maximum atomic E-state index is 6.61. The quantitative estimate of drug-likeness (QED) is 0.259. The number of aromatic nitrogens is 3. The molecule has 0 bridgehead atoms. The van der Waals surface area contributed by atoms with E-state index in [2.05, 4.69) is 71.3 Å². The third-order valence-corrected chi connectivity index (χ3v) is 7.75. The van der Waals surface area contributed by atoms with Gasteiger partial charge in [-0.05, 0) is 18.2 Å². The number of fused-ring (bicyclic) bond motifs is 6. The molecule has 33 heavy (non-hydrogen) atoms. The summed E-state index contributed by atoms with van der Waals surface area (Å²) in [6.45, 7) is 0. The molecule has 0 aliphatic heterocycles. The van der Waals surface area contributed by atoms with Crippen LogP contribution in [0.5, 0.6) is 0 Å². The van der Waals surface area contributed by atoms with E-state index in [0.29, 0.717) is 5.82 Å². The molecule has 0 unspecified atom stereocenters. The number of para-hydroxylation sites is 2. The molecule has 156 valence electrons. The van der Waals surface area contributed by atoms with Gasteiger partial charge in [0, 0.05) is 21.7 Å². The molecule has 0 aliphatic rings. The lowest BCUT2D eigenvalue weighted by molar-refractivity contribution is 1.08. The molecule has 3 heterocycles. The summed E-state index contributed by atoms with van der Waals surface area (Å²) < 4.78 is 4.34. The van der Waals surface area contributed by atoms with Gasteiger partial charge in [0.05, 0.1) is 31.0 Å². The Hall–Kier alpha value is -3.73. The van der Waals surface area contributed by atoms with Gasteiger partial charge in [-0.15, -0.1) is 11.3 Å². The second kappa shape index (κ2) is 7.14. The zero-order chi connectivity index (χ0) is 21.9. The Labute approximate surface area is 198 Å². The van der Waals surface area contributed by atoms with Crippen LogP contribution in [0.3, 0.4) is 0 Å². The highest BCUT2D eigenvalue weighted by molar-refractivity contribution is 7.26. The molecule has 0 atom stereocenters. The van der Waals surface area contributed by atoms with Crippen LogP contribution >= 0.6 is 22.9 Å². The third kappa shape index (κ3) is 2.75. The molecule has 0 spiro atoms. The van der Waals surface area contributed by atoms with Crippen LogP contribution in [0.4, 0.5) is 0 Å². The lowest BCUT2D eigenvalue weighted by Gasteiger charge is -2.10. The van der Waals surface area contributed by atoms with Crippen LogP contribution in [-0.2, 0) is 0 Å². The molecular formula is C28H16ClN3S. The average Bonchev–Trinajstić information content (AvgIpc) is 3.41. The molecule has 5 heteroatoms. The Morgan fingerprint density at radius 2 is 1.24 bits per heavy atom. The van der Waals surface area contributed by atoms with E-state index in [1.165, 1.54) is 10.8 Å². The predicted octanol–water partition coefficient (Wildman–Crippen LogP) is 8.26. The molecule has 7 rings (SSSR count). The van der Waals surface area contributed by atoms with Gasteiger partial charge >= 0.3 is 0 Å². The van der Waals surface area contributed by atoms with Gasteiger partial charge in [-0.2, -0.15) is 0 Å². The van der Waals surface area contributed by atoms with Crippen molar-refractivity contribution in [3.8, 4) is 17.2 Å². The fraction of sp³-hybridized carbons (Fsp3) is 0. The van der Waals surface area contributed by atoms with Crippen molar-refractivity contribution in [1.82, 2.24) is 14.5 Å². The van der Waals surface area contributed by atoms with Gasteiger partial charge in [0.25, 0.3) is 0 Å². The van der Waals surface area contributed by atoms with Crippen LogP contribution < -0.4 is 0 Å². The minimum Gasteiger partial charge on any atom is -0.292 e. The number of rotatable bonds is 2. The minimum absolute atomic E-state index is 0.708. The summed E-state index contributed by atoms with van der Waals surface area (Å²) in [7, 11) is 0. The van der Waals surface area contributed by atoms with Crippen molar-refractivity contribution >= 4 is 65.0 Å². The maximum Gasteiger partial charge on any atom is 0.162 e. The highest BCUT2D eigenvalue weighted by atomic mass is 35.5. The summed E-state index contributed by atoms with van der Waals surface area (Å²) in [6, 6.07) is 33.2. The fourth-order valence-corrected chi connectivity index (χ4v) is 6.05. The highest BCUT2D eigenvalue weighted by Crippen LogP contribution is 2.42. The first-order valence-electron chi connectivity index (χ1n) is 10.7. The molecular weight excluding hydrogens is 446 g/mol. The summed E-state index contributed by atoms with van der Waals surface area (Å²) in [6.07, 6.45) is 0. The molecule has 4 aromatic carbocycles. The van der Waals surface area contributed by atoms with E-state index >= 15 is 0 Å². The van der Waals surface area contributed by atoms with Gasteiger partial charge in [-0.25, -0.2) is 9.97 Å². The Balaban J connectivity index is 1.70. The largest absolute Gasteiger partial charge is 0.292 e.